The third kappa shape index (κ3) is 4.47. The number of hydrogen-bond acceptors (Lipinski definition) is 4. The molecule has 0 aliphatic carbocycles. The summed E-state index contributed by atoms with van der Waals surface area (Å²) in [6.07, 6.45) is 0.840. The fourth-order valence-corrected chi connectivity index (χ4v) is 2.54. The van der Waals surface area contributed by atoms with Crippen LogP contribution in [-0.4, -0.2) is 17.0 Å². The third-order valence-electron chi connectivity index (χ3n) is 2.90. The molecule has 0 amide bonds. The van der Waals surface area contributed by atoms with Crippen LogP contribution in [0.5, 0.6) is 0 Å². The molecule has 1 atom stereocenters. The van der Waals surface area contributed by atoms with Gasteiger partial charge in [-0.3, -0.25) is 10.1 Å². The third-order valence-corrected chi connectivity index (χ3v) is 3.39. The normalized spacial score (nSPS) is 14.2. The summed E-state index contributed by atoms with van der Waals surface area (Å²) < 4.78 is 0.796. The van der Waals surface area contributed by atoms with E-state index in [2.05, 4.69) is 35.1 Å². The van der Waals surface area contributed by atoms with Gasteiger partial charge >= 0.3 is 0 Å². The van der Waals surface area contributed by atoms with E-state index in [1.54, 1.807) is 12.1 Å². The van der Waals surface area contributed by atoms with Crippen molar-refractivity contribution in [3.05, 3.63) is 32.8 Å². The predicted molar refractivity (Wildman–Crippen MR) is 81.3 cm³/mol. The number of anilines is 1. The Morgan fingerprint density at radius 2 is 2.16 bits per heavy atom. The first-order valence-electron chi connectivity index (χ1n) is 6.19. The fraction of sp³-hybridized carbons (Fsp3) is 0.538. The molecule has 0 aliphatic heterocycles. The lowest BCUT2D eigenvalue weighted by Crippen LogP contribution is -2.43. The van der Waals surface area contributed by atoms with Gasteiger partial charge in [-0.25, -0.2) is 0 Å². The summed E-state index contributed by atoms with van der Waals surface area (Å²) in [5, 5.41) is 14.3. The van der Waals surface area contributed by atoms with Gasteiger partial charge in [-0.2, -0.15) is 0 Å². The van der Waals surface area contributed by atoms with Crippen molar-refractivity contribution in [1.82, 2.24) is 0 Å². The van der Waals surface area contributed by atoms with E-state index in [-0.39, 0.29) is 16.1 Å². The molecule has 0 aliphatic rings. The summed E-state index contributed by atoms with van der Waals surface area (Å²) in [5.74, 6) is 0.451. The van der Waals surface area contributed by atoms with Gasteiger partial charge in [-0.05, 0) is 31.4 Å². The summed E-state index contributed by atoms with van der Waals surface area (Å²) in [4.78, 5) is 10.7. The summed E-state index contributed by atoms with van der Waals surface area (Å²) in [5.41, 5.74) is 6.02. The van der Waals surface area contributed by atoms with Crippen molar-refractivity contribution < 1.29 is 4.92 Å². The van der Waals surface area contributed by atoms with Crippen molar-refractivity contribution in [3.8, 4) is 0 Å². The fourth-order valence-electron chi connectivity index (χ4n) is 2.18. The van der Waals surface area contributed by atoms with Gasteiger partial charge in [0.05, 0.1) is 4.92 Å². The zero-order valence-electron chi connectivity index (χ0n) is 11.4. The van der Waals surface area contributed by atoms with Crippen LogP contribution in [0, 0.1) is 16.0 Å². The van der Waals surface area contributed by atoms with Crippen molar-refractivity contribution in [2.45, 2.75) is 32.7 Å². The first kappa shape index (κ1) is 15.9. The van der Waals surface area contributed by atoms with Gasteiger partial charge < -0.3 is 11.1 Å². The predicted octanol–water partition coefficient (Wildman–Crippen LogP) is 3.53. The molecule has 1 aromatic rings. The van der Waals surface area contributed by atoms with E-state index >= 15 is 0 Å². The molecule has 5 nitrogen and oxygen atoms in total. The second-order valence-electron chi connectivity index (χ2n) is 5.41. The van der Waals surface area contributed by atoms with Gasteiger partial charge in [0, 0.05) is 22.6 Å². The lowest BCUT2D eigenvalue weighted by atomic mass is 9.90. The minimum atomic E-state index is -0.388. The maximum absolute atomic E-state index is 11.0. The first-order chi connectivity index (χ1) is 8.77. The van der Waals surface area contributed by atoms with Gasteiger partial charge in [-0.1, -0.05) is 29.8 Å². The second-order valence-corrected chi connectivity index (χ2v) is 6.32. The number of benzene rings is 1. The molecule has 1 unspecified atom stereocenters. The second kappa shape index (κ2) is 6.34. The van der Waals surface area contributed by atoms with Crippen LogP contribution in [0.15, 0.2) is 22.7 Å². The highest BCUT2D eigenvalue weighted by molar-refractivity contribution is 9.10. The highest BCUT2D eigenvalue weighted by atomic mass is 79.9. The number of nitrogens with two attached hydrogens (primary N) is 1. The van der Waals surface area contributed by atoms with Crippen molar-refractivity contribution >= 4 is 27.3 Å². The lowest BCUT2D eigenvalue weighted by molar-refractivity contribution is -0.384. The molecule has 0 saturated carbocycles. The van der Waals surface area contributed by atoms with Crippen molar-refractivity contribution in [2.75, 3.05) is 11.9 Å². The Hall–Kier alpha value is -1.14. The molecule has 106 valence electrons. The van der Waals surface area contributed by atoms with Crippen LogP contribution in [0.4, 0.5) is 11.4 Å². The monoisotopic (exact) mass is 329 g/mol. The molecular formula is C13H20BrN3O2. The zero-order chi connectivity index (χ0) is 14.6. The molecule has 0 fully saturated rings. The van der Waals surface area contributed by atoms with Gasteiger partial charge in [0.25, 0.3) is 5.69 Å². The van der Waals surface area contributed by atoms with Gasteiger partial charge in [-0.15, -0.1) is 0 Å². The maximum atomic E-state index is 11.0. The van der Waals surface area contributed by atoms with Gasteiger partial charge in [0.15, 0.2) is 0 Å². The summed E-state index contributed by atoms with van der Waals surface area (Å²) >= 11 is 3.33. The van der Waals surface area contributed by atoms with Crippen molar-refractivity contribution in [2.24, 2.45) is 11.7 Å². The number of nitrogens with one attached hydrogen (secondary N) is 1. The number of nitro groups is 1. The van der Waals surface area contributed by atoms with Gasteiger partial charge in [0.1, 0.15) is 5.69 Å². The highest BCUT2D eigenvalue weighted by Gasteiger charge is 2.26. The van der Waals surface area contributed by atoms with Crippen molar-refractivity contribution in [1.29, 1.82) is 0 Å². The molecule has 1 rings (SSSR count). The molecule has 6 heteroatoms. The number of rotatable bonds is 6. The lowest BCUT2D eigenvalue weighted by Gasteiger charge is -2.32. The highest BCUT2D eigenvalue weighted by Crippen LogP contribution is 2.31. The molecular weight excluding hydrogens is 310 g/mol. The number of nitro benzene ring substituents is 1. The van der Waals surface area contributed by atoms with Crippen LogP contribution in [-0.2, 0) is 0 Å². The van der Waals surface area contributed by atoms with E-state index < -0.39 is 0 Å². The number of hydrogen-bond donors (Lipinski definition) is 2. The summed E-state index contributed by atoms with van der Waals surface area (Å²) in [6.45, 7) is 6.60. The minimum Gasteiger partial charge on any atom is -0.373 e. The number of halogens is 1. The van der Waals surface area contributed by atoms with Gasteiger partial charge in [0.2, 0.25) is 0 Å². The molecule has 0 bridgehead atoms. The summed E-state index contributed by atoms with van der Waals surface area (Å²) in [6, 6.07) is 4.86. The Morgan fingerprint density at radius 3 is 2.63 bits per heavy atom. The molecule has 0 heterocycles. The standard InChI is InChI=1S/C13H20BrN3O2/c1-9(2)7-13(3,8-15)16-11-6-10(14)4-5-12(11)17(18)19/h4-6,9,16H,7-8,15H2,1-3H3. The van der Waals surface area contributed by atoms with Crippen LogP contribution in [0.25, 0.3) is 0 Å². The van der Waals surface area contributed by atoms with Crippen LogP contribution >= 0.6 is 15.9 Å². The van der Waals surface area contributed by atoms with E-state index in [4.69, 9.17) is 5.73 Å². The first-order valence-corrected chi connectivity index (χ1v) is 6.99. The molecule has 0 saturated heterocycles. The van der Waals surface area contributed by atoms with E-state index in [1.807, 2.05) is 6.92 Å². The minimum absolute atomic E-state index is 0.0617. The van der Waals surface area contributed by atoms with Crippen LogP contribution in [0.3, 0.4) is 0 Å². The average Bonchev–Trinajstić information content (AvgIpc) is 2.27. The smallest absolute Gasteiger partial charge is 0.292 e. The van der Waals surface area contributed by atoms with E-state index in [0.717, 1.165) is 10.9 Å². The Balaban J connectivity index is 3.08. The Labute approximate surface area is 121 Å². The van der Waals surface area contributed by atoms with Crippen LogP contribution < -0.4 is 11.1 Å². The van der Waals surface area contributed by atoms with Crippen molar-refractivity contribution in [3.63, 3.8) is 0 Å². The van der Waals surface area contributed by atoms with E-state index in [9.17, 15) is 10.1 Å². The quantitative estimate of drug-likeness (QED) is 0.617. The van der Waals surface area contributed by atoms with Crippen LogP contribution in [0.1, 0.15) is 27.2 Å². The topological polar surface area (TPSA) is 81.2 Å². The average molecular weight is 330 g/mol. The Morgan fingerprint density at radius 1 is 1.53 bits per heavy atom. The molecule has 0 radical (unpaired) electrons. The maximum Gasteiger partial charge on any atom is 0.292 e. The molecule has 19 heavy (non-hydrogen) atoms. The molecule has 1 aromatic carbocycles. The van der Waals surface area contributed by atoms with Crippen LogP contribution in [0.2, 0.25) is 0 Å². The zero-order valence-corrected chi connectivity index (χ0v) is 13.0. The Kier molecular flexibility index (Phi) is 5.31. The molecule has 0 spiro atoms. The Bertz CT molecular complexity index is 465. The summed E-state index contributed by atoms with van der Waals surface area (Å²) in [7, 11) is 0. The van der Waals surface area contributed by atoms with E-state index in [0.29, 0.717) is 18.2 Å². The number of nitrogens with zero attached hydrogens (tertiary/aromatic N) is 1. The largest absolute Gasteiger partial charge is 0.373 e. The molecule has 0 aromatic heterocycles. The van der Waals surface area contributed by atoms with E-state index in [1.165, 1.54) is 6.07 Å². The molecule has 3 N–H and O–H groups in total. The SMILES string of the molecule is CC(C)CC(C)(CN)Nc1cc(Br)ccc1[N+](=O)[O-].